The second-order valence-electron chi connectivity index (χ2n) is 4.76. The predicted octanol–water partition coefficient (Wildman–Crippen LogP) is 2.02. The predicted molar refractivity (Wildman–Crippen MR) is 76.0 cm³/mol. The Labute approximate surface area is 126 Å². The Morgan fingerprint density at radius 1 is 1.33 bits per heavy atom. The highest BCUT2D eigenvalue weighted by Gasteiger charge is 2.11. The van der Waals surface area contributed by atoms with Crippen LogP contribution in [0.3, 0.4) is 0 Å². The average Bonchev–Trinajstić information content (AvgIpc) is 3.15. The fourth-order valence-corrected chi connectivity index (χ4v) is 2.17. The van der Waals surface area contributed by atoms with Crippen LogP contribution >= 0.6 is 11.6 Å². The molecule has 110 valence electrons. The molecule has 0 amide bonds. The van der Waals surface area contributed by atoms with Gasteiger partial charge in [0.25, 0.3) is 0 Å². The van der Waals surface area contributed by atoms with Crippen molar-refractivity contribution >= 4 is 11.6 Å². The Kier molecular flexibility index (Phi) is 3.74. The minimum atomic E-state index is 0.426. The monoisotopic (exact) mass is 306 g/mol. The number of hydrogen-bond acceptors (Lipinski definition) is 5. The van der Waals surface area contributed by atoms with Gasteiger partial charge in [-0.1, -0.05) is 16.8 Å². The molecule has 0 radical (unpaired) electrons. The van der Waals surface area contributed by atoms with Gasteiger partial charge in [-0.2, -0.15) is 10.1 Å². The van der Waals surface area contributed by atoms with Gasteiger partial charge in [0.2, 0.25) is 5.89 Å². The summed E-state index contributed by atoms with van der Waals surface area (Å²) in [4.78, 5) is 8.55. The van der Waals surface area contributed by atoms with Gasteiger partial charge in [-0.05, 0) is 13.8 Å². The molecule has 3 rings (SSSR count). The summed E-state index contributed by atoms with van der Waals surface area (Å²) in [6, 6.07) is 0. The van der Waals surface area contributed by atoms with Crippen LogP contribution in [0.15, 0.2) is 23.1 Å². The molecule has 0 fully saturated rings. The van der Waals surface area contributed by atoms with Crippen molar-refractivity contribution in [1.29, 1.82) is 0 Å². The van der Waals surface area contributed by atoms with Crippen LogP contribution < -0.4 is 0 Å². The van der Waals surface area contributed by atoms with E-state index >= 15 is 0 Å². The summed E-state index contributed by atoms with van der Waals surface area (Å²) in [5.74, 6) is 2.17. The van der Waals surface area contributed by atoms with Gasteiger partial charge in [-0.15, -0.1) is 0 Å². The van der Waals surface area contributed by atoms with Gasteiger partial charge < -0.3 is 9.09 Å². The molecule has 0 unspecified atom stereocenters. The largest absolute Gasteiger partial charge is 0.337 e. The van der Waals surface area contributed by atoms with Crippen molar-refractivity contribution in [2.45, 2.75) is 33.4 Å². The molecule has 7 nitrogen and oxygen atoms in total. The summed E-state index contributed by atoms with van der Waals surface area (Å²) in [6.07, 6.45) is 6.02. The van der Waals surface area contributed by atoms with Crippen LogP contribution in [0.4, 0.5) is 0 Å². The molecule has 0 aliphatic carbocycles. The first-order valence-corrected chi connectivity index (χ1v) is 6.98. The summed E-state index contributed by atoms with van der Waals surface area (Å²) in [5, 5.41) is 8.78. The molecular formula is C13H15ClN6O. The molecule has 21 heavy (non-hydrogen) atoms. The lowest BCUT2D eigenvalue weighted by atomic mass is 10.4. The second-order valence-corrected chi connectivity index (χ2v) is 5.16. The van der Waals surface area contributed by atoms with E-state index in [1.165, 1.54) is 0 Å². The number of nitrogens with zero attached hydrogens (tertiary/aromatic N) is 6. The van der Waals surface area contributed by atoms with Gasteiger partial charge in [-0.3, -0.25) is 4.68 Å². The van der Waals surface area contributed by atoms with E-state index < -0.39 is 0 Å². The minimum absolute atomic E-state index is 0.426. The number of aryl methyl sites for hydroxylation is 3. The van der Waals surface area contributed by atoms with Crippen molar-refractivity contribution in [3.63, 3.8) is 0 Å². The van der Waals surface area contributed by atoms with E-state index in [4.69, 9.17) is 16.1 Å². The fourth-order valence-electron chi connectivity index (χ4n) is 2.03. The van der Waals surface area contributed by atoms with E-state index in [-0.39, 0.29) is 0 Å². The van der Waals surface area contributed by atoms with E-state index in [0.717, 1.165) is 18.1 Å². The maximum absolute atomic E-state index is 5.96. The van der Waals surface area contributed by atoms with Crippen molar-refractivity contribution in [2.75, 3.05) is 0 Å². The van der Waals surface area contributed by atoms with Gasteiger partial charge in [0.15, 0.2) is 5.82 Å². The lowest BCUT2D eigenvalue weighted by Crippen LogP contribution is -2.05. The molecule has 0 saturated heterocycles. The quantitative estimate of drug-likeness (QED) is 0.721. The van der Waals surface area contributed by atoms with Crippen LogP contribution in [0.5, 0.6) is 0 Å². The Morgan fingerprint density at radius 2 is 2.19 bits per heavy atom. The Balaban J connectivity index is 1.64. The number of imidazole rings is 1. The van der Waals surface area contributed by atoms with E-state index in [0.29, 0.717) is 29.7 Å². The molecule has 0 atom stereocenters. The first-order chi connectivity index (χ1) is 10.1. The van der Waals surface area contributed by atoms with Gasteiger partial charge in [0.1, 0.15) is 12.4 Å². The van der Waals surface area contributed by atoms with Crippen LogP contribution in [-0.4, -0.2) is 29.5 Å². The van der Waals surface area contributed by atoms with Crippen molar-refractivity contribution in [3.05, 3.63) is 46.8 Å². The highest BCUT2D eigenvalue weighted by atomic mass is 35.5. The number of hydrogen-bond donors (Lipinski definition) is 0. The topological polar surface area (TPSA) is 74.6 Å². The lowest BCUT2D eigenvalue weighted by Gasteiger charge is -2.01. The third-order valence-electron chi connectivity index (χ3n) is 3.34. The lowest BCUT2D eigenvalue weighted by molar-refractivity contribution is 0.359. The zero-order valence-corrected chi connectivity index (χ0v) is 12.6. The molecule has 3 heterocycles. The minimum Gasteiger partial charge on any atom is -0.337 e. The first kappa shape index (κ1) is 13.8. The maximum atomic E-state index is 5.96. The zero-order valence-electron chi connectivity index (χ0n) is 11.8. The van der Waals surface area contributed by atoms with E-state index in [1.807, 2.05) is 24.6 Å². The van der Waals surface area contributed by atoms with Crippen LogP contribution in [0, 0.1) is 13.8 Å². The SMILES string of the molecule is Cc1nccn1CCc1noc(Cn2ncc(Cl)c2C)n1. The molecule has 0 aliphatic rings. The Hall–Kier alpha value is -2.15. The van der Waals surface area contributed by atoms with Crippen molar-refractivity contribution < 1.29 is 4.52 Å². The van der Waals surface area contributed by atoms with E-state index in [1.54, 1.807) is 17.1 Å². The molecule has 3 aromatic rings. The third-order valence-corrected chi connectivity index (χ3v) is 3.71. The van der Waals surface area contributed by atoms with Crippen molar-refractivity contribution in [2.24, 2.45) is 0 Å². The third kappa shape index (κ3) is 2.97. The summed E-state index contributed by atoms with van der Waals surface area (Å²) in [6.45, 7) is 5.06. The molecule has 8 heteroatoms. The average molecular weight is 307 g/mol. The fraction of sp³-hybridized carbons (Fsp3) is 0.385. The summed E-state index contributed by atoms with van der Waals surface area (Å²) in [7, 11) is 0. The van der Waals surface area contributed by atoms with Crippen LogP contribution in [0.25, 0.3) is 0 Å². The zero-order chi connectivity index (χ0) is 14.8. The van der Waals surface area contributed by atoms with Crippen LogP contribution in [-0.2, 0) is 19.5 Å². The van der Waals surface area contributed by atoms with Gasteiger partial charge in [0.05, 0.1) is 16.9 Å². The normalized spacial score (nSPS) is 11.2. The smallest absolute Gasteiger partial charge is 0.248 e. The Bertz CT molecular complexity index is 744. The number of rotatable bonds is 5. The highest BCUT2D eigenvalue weighted by molar-refractivity contribution is 6.31. The van der Waals surface area contributed by atoms with Gasteiger partial charge in [0, 0.05) is 25.4 Å². The molecule has 0 aliphatic heterocycles. The first-order valence-electron chi connectivity index (χ1n) is 6.60. The molecule has 3 aromatic heterocycles. The number of aromatic nitrogens is 6. The summed E-state index contributed by atoms with van der Waals surface area (Å²) < 4.78 is 9.03. The maximum Gasteiger partial charge on any atom is 0.248 e. The second kappa shape index (κ2) is 5.69. The standard InChI is InChI=1S/C13H15ClN6O/c1-9-11(14)7-16-20(9)8-13-17-12(18-21-13)3-5-19-6-4-15-10(19)2/h4,6-7H,3,5,8H2,1-2H3. The molecule has 0 saturated carbocycles. The molecule has 0 bridgehead atoms. The van der Waals surface area contributed by atoms with Crippen LogP contribution in [0.2, 0.25) is 5.02 Å². The van der Waals surface area contributed by atoms with Crippen molar-refractivity contribution in [3.8, 4) is 0 Å². The Morgan fingerprint density at radius 3 is 2.86 bits per heavy atom. The molecular weight excluding hydrogens is 292 g/mol. The number of halogens is 1. The van der Waals surface area contributed by atoms with Crippen molar-refractivity contribution in [1.82, 2.24) is 29.5 Å². The van der Waals surface area contributed by atoms with Gasteiger partial charge >= 0.3 is 0 Å². The van der Waals surface area contributed by atoms with E-state index in [2.05, 4.69) is 20.2 Å². The molecule has 0 spiro atoms. The molecule has 0 N–H and O–H groups in total. The van der Waals surface area contributed by atoms with Gasteiger partial charge in [-0.25, -0.2) is 4.98 Å². The summed E-state index contributed by atoms with van der Waals surface area (Å²) >= 11 is 5.96. The highest BCUT2D eigenvalue weighted by Crippen LogP contribution is 2.14. The summed E-state index contributed by atoms with van der Waals surface area (Å²) in [5.41, 5.74) is 0.880. The van der Waals surface area contributed by atoms with E-state index in [9.17, 15) is 0 Å². The van der Waals surface area contributed by atoms with Crippen LogP contribution in [0.1, 0.15) is 23.2 Å². The molecule has 0 aromatic carbocycles.